The van der Waals surface area contributed by atoms with Crippen LogP contribution in [0.1, 0.15) is 0 Å². The van der Waals surface area contributed by atoms with Crippen LogP contribution in [0.25, 0.3) is 71.6 Å². The average molecular weight is 689 g/mol. The molecule has 0 aliphatic rings. The van der Waals surface area contributed by atoms with E-state index in [1.807, 2.05) is 0 Å². The Morgan fingerprint density at radius 2 is 0.796 bits per heavy atom. The minimum Gasteiger partial charge on any atom is -0.310 e. The van der Waals surface area contributed by atoms with Crippen molar-refractivity contribution in [3.8, 4) is 39.1 Å². The summed E-state index contributed by atoms with van der Waals surface area (Å²) in [7, 11) is 0. The standard InChI is InChI=1S/C52H36N2/c1-3-12-37(13-4-1)40-22-28-45(29-23-40)53(46-30-24-41(25-31-46)38-14-5-2-6-15-38)47-19-11-18-43(35-47)44-27-33-50-49-20-9-10-21-51(49)54(52(50)36-44)48-32-26-39-16-7-8-17-42(39)34-48/h1-36H. The molecule has 2 nitrogen and oxygen atoms in total. The maximum Gasteiger partial charge on any atom is 0.0547 e. The highest BCUT2D eigenvalue weighted by molar-refractivity contribution is 6.10. The first-order chi connectivity index (χ1) is 26.8. The van der Waals surface area contributed by atoms with Crippen molar-refractivity contribution in [2.45, 2.75) is 0 Å². The fourth-order valence-corrected chi connectivity index (χ4v) is 7.88. The Labute approximate surface area is 315 Å². The number of para-hydroxylation sites is 1. The van der Waals surface area contributed by atoms with Gasteiger partial charge in [-0.05, 0) is 105 Å². The maximum atomic E-state index is 2.42. The Morgan fingerprint density at radius 1 is 0.278 bits per heavy atom. The minimum atomic E-state index is 1.10. The van der Waals surface area contributed by atoms with Crippen LogP contribution in [-0.4, -0.2) is 4.57 Å². The molecule has 254 valence electrons. The van der Waals surface area contributed by atoms with Crippen molar-refractivity contribution >= 4 is 49.6 Å². The van der Waals surface area contributed by atoms with Crippen LogP contribution in [0.2, 0.25) is 0 Å². The van der Waals surface area contributed by atoms with Gasteiger partial charge in [0.1, 0.15) is 0 Å². The molecule has 0 N–H and O–H groups in total. The fraction of sp³-hybridized carbons (Fsp3) is 0. The van der Waals surface area contributed by atoms with Crippen LogP contribution >= 0.6 is 0 Å². The summed E-state index contributed by atoms with van der Waals surface area (Å²) in [6.45, 7) is 0. The van der Waals surface area contributed by atoms with E-state index in [9.17, 15) is 0 Å². The third-order valence-electron chi connectivity index (χ3n) is 10.6. The van der Waals surface area contributed by atoms with Crippen LogP contribution < -0.4 is 4.90 Å². The van der Waals surface area contributed by atoms with Crippen molar-refractivity contribution in [2.24, 2.45) is 0 Å². The molecule has 0 atom stereocenters. The van der Waals surface area contributed by atoms with E-state index >= 15 is 0 Å². The van der Waals surface area contributed by atoms with Crippen LogP contribution in [0.5, 0.6) is 0 Å². The van der Waals surface area contributed by atoms with Gasteiger partial charge in [0.15, 0.2) is 0 Å². The smallest absolute Gasteiger partial charge is 0.0547 e. The van der Waals surface area contributed by atoms with E-state index in [1.54, 1.807) is 0 Å². The molecule has 0 bridgehead atoms. The summed E-state index contributed by atoms with van der Waals surface area (Å²) in [4.78, 5) is 2.36. The van der Waals surface area contributed by atoms with Crippen LogP contribution in [0.15, 0.2) is 218 Å². The van der Waals surface area contributed by atoms with Crippen LogP contribution in [-0.2, 0) is 0 Å². The Balaban J connectivity index is 1.09. The molecule has 0 aliphatic carbocycles. The highest BCUT2D eigenvalue weighted by atomic mass is 15.1. The van der Waals surface area contributed by atoms with E-state index in [-0.39, 0.29) is 0 Å². The molecular formula is C52H36N2. The zero-order valence-electron chi connectivity index (χ0n) is 29.7. The Hall–Kier alpha value is -7.16. The third-order valence-corrected chi connectivity index (χ3v) is 10.6. The monoisotopic (exact) mass is 688 g/mol. The lowest BCUT2D eigenvalue weighted by molar-refractivity contribution is 1.19. The molecule has 10 aromatic rings. The highest BCUT2D eigenvalue weighted by Gasteiger charge is 2.17. The summed E-state index contributed by atoms with van der Waals surface area (Å²) in [6.07, 6.45) is 0. The molecule has 0 radical (unpaired) electrons. The number of aromatic nitrogens is 1. The number of fused-ring (bicyclic) bond motifs is 4. The van der Waals surface area contributed by atoms with Gasteiger partial charge in [-0.1, -0.05) is 158 Å². The van der Waals surface area contributed by atoms with Crippen LogP contribution in [0, 0.1) is 0 Å². The van der Waals surface area contributed by atoms with Gasteiger partial charge < -0.3 is 9.47 Å². The zero-order chi connectivity index (χ0) is 35.8. The summed E-state index contributed by atoms with van der Waals surface area (Å²) in [6, 6.07) is 78.9. The van der Waals surface area contributed by atoms with Gasteiger partial charge in [0.25, 0.3) is 0 Å². The van der Waals surface area contributed by atoms with E-state index in [0.717, 1.165) is 28.3 Å². The lowest BCUT2D eigenvalue weighted by atomic mass is 10.0. The van der Waals surface area contributed by atoms with Crippen molar-refractivity contribution in [2.75, 3.05) is 4.90 Å². The first-order valence-corrected chi connectivity index (χ1v) is 18.5. The molecule has 54 heavy (non-hydrogen) atoms. The van der Waals surface area contributed by atoms with Crippen molar-refractivity contribution in [1.29, 1.82) is 0 Å². The van der Waals surface area contributed by atoms with E-state index in [4.69, 9.17) is 0 Å². The molecular weight excluding hydrogens is 653 g/mol. The van der Waals surface area contributed by atoms with Crippen LogP contribution in [0.3, 0.4) is 0 Å². The lowest BCUT2D eigenvalue weighted by Gasteiger charge is -2.26. The van der Waals surface area contributed by atoms with Crippen molar-refractivity contribution in [1.82, 2.24) is 4.57 Å². The number of rotatable bonds is 7. The second kappa shape index (κ2) is 13.4. The molecule has 10 rings (SSSR count). The average Bonchev–Trinajstić information content (AvgIpc) is 3.58. The number of benzene rings is 9. The first kappa shape index (κ1) is 31.6. The number of anilines is 3. The fourth-order valence-electron chi connectivity index (χ4n) is 7.88. The lowest BCUT2D eigenvalue weighted by Crippen LogP contribution is -2.10. The molecule has 1 heterocycles. The molecule has 1 aromatic heterocycles. The molecule has 0 saturated heterocycles. The Morgan fingerprint density at radius 3 is 1.48 bits per heavy atom. The first-order valence-electron chi connectivity index (χ1n) is 18.5. The molecule has 9 aromatic carbocycles. The van der Waals surface area contributed by atoms with Crippen molar-refractivity contribution < 1.29 is 0 Å². The highest BCUT2D eigenvalue weighted by Crippen LogP contribution is 2.40. The topological polar surface area (TPSA) is 8.17 Å². The largest absolute Gasteiger partial charge is 0.310 e. The molecule has 0 fully saturated rings. The summed E-state index contributed by atoms with van der Waals surface area (Å²) in [5.41, 5.74) is 14.0. The van der Waals surface area contributed by atoms with Crippen LogP contribution in [0.4, 0.5) is 17.1 Å². The van der Waals surface area contributed by atoms with E-state index in [0.29, 0.717) is 0 Å². The molecule has 0 amide bonds. The zero-order valence-corrected chi connectivity index (χ0v) is 29.7. The van der Waals surface area contributed by atoms with Gasteiger partial charge in [-0.15, -0.1) is 0 Å². The molecule has 0 unspecified atom stereocenters. The number of nitrogens with zero attached hydrogens (tertiary/aromatic N) is 2. The summed E-state index contributed by atoms with van der Waals surface area (Å²) >= 11 is 0. The van der Waals surface area contributed by atoms with E-state index < -0.39 is 0 Å². The second-order valence-corrected chi connectivity index (χ2v) is 13.8. The van der Waals surface area contributed by atoms with Gasteiger partial charge in [0.05, 0.1) is 11.0 Å². The molecule has 0 aliphatic heterocycles. The SMILES string of the molecule is c1ccc(-c2ccc(N(c3ccc(-c4ccccc4)cc3)c3cccc(-c4ccc5c6ccccc6n(-c6ccc7ccccc7c6)c5c4)c3)cc2)cc1. The molecule has 2 heteroatoms. The van der Waals surface area contributed by atoms with Gasteiger partial charge in [0, 0.05) is 33.5 Å². The van der Waals surface area contributed by atoms with Gasteiger partial charge in [-0.25, -0.2) is 0 Å². The van der Waals surface area contributed by atoms with Gasteiger partial charge in [-0.2, -0.15) is 0 Å². The Kier molecular flexibility index (Phi) is 7.85. The number of hydrogen-bond acceptors (Lipinski definition) is 1. The quantitative estimate of drug-likeness (QED) is 0.162. The van der Waals surface area contributed by atoms with Crippen molar-refractivity contribution in [3.63, 3.8) is 0 Å². The number of hydrogen-bond donors (Lipinski definition) is 0. The normalized spacial score (nSPS) is 11.3. The maximum absolute atomic E-state index is 2.42. The Bertz CT molecular complexity index is 2820. The molecule has 0 saturated carbocycles. The summed E-state index contributed by atoms with van der Waals surface area (Å²) < 4.78 is 2.42. The summed E-state index contributed by atoms with van der Waals surface area (Å²) in [5, 5.41) is 4.98. The van der Waals surface area contributed by atoms with E-state index in [2.05, 4.69) is 228 Å². The third kappa shape index (κ3) is 5.71. The summed E-state index contributed by atoms with van der Waals surface area (Å²) in [5.74, 6) is 0. The van der Waals surface area contributed by atoms with Gasteiger partial charge >= 0.3 is 0 Å². The molecule has 0 spiro atoms. The predicted octanol–water partition coefficient (Wildman–Crippen LogP) is 14.4. The second-order valence-electron chi connectivity index (χ2n) is 13.8. The van der Waals surface area contributed by atoms with Gasteiger partial charge in [-0.3, -0.25) is 0 Å². The minimum absolute atomic E-state index is 1.10. The van der Waals surface area contributed by atoms with Gasteiger partial charge in [0.2, 0.25) is 0 Å². The van der Waals surface area contributed by atoms with E-state index in [1.165, 1.54) is 60.4 Å². The van der Waals surface area contributed by atoms with Crippen molar-refractivity contribution in [3.05, 3.63) is 218 Å². The predicted molar refractivity (Wildman–Crippen MR) is 229 cm³/mol.